The first kappa shape index (κ1) is 31.2. The largest absolute Gasteiger partial charge is 0.363 e. The summed E-state index contributed by atoms with van der Waals surface area (Å²) in [6, 6.07) is -3.17. The van der Waals surface area contributed by atoms with Gasteiger partial charge in [-0.2, -0.15) is 0 Å². The van der Waals surface area contributed by atoms with Gasteiger partial charge in [0.25, 0.3) is 5.91 Å². The number of Topliss-reactive ketones (excluding diaryl/α,β-unsaturated/α-hetero) is 1. The molecule has 11 heteroatoms. The zero-order valence-corrected chi connectivity index (χ0v) is 24.3. The molecule has 4 unspecified atom stereocenters. The molecule has 3 fully saturated rings. The van der Waals surface area contributed by atoms with E-state index in [4.69, 9.17) is 17.3 Å². The molecule has 10 nitrogen and oxygen atoms in total. The Balaban J connectivity index is 1.80. The quantitative estimate of drug-likeness (QED) is 0.211. The van der Waals surface area contributed by atoms with Gasteiger partial charge in [-0.25, -0.2) is 4.79 Å². The summed E-state index contributed by atoms with van der Waals surface area (Å²) >= 11 is 6.24. The van der Waals surface area contributed by atoms with E-state index in [0.717, 1.165) is 51.4 Å². The van der Waals surface area contributed by atoms with Crippen LogP contribution in [0.1, 0.15) is 85.0 Å². The topological polar surface area (TPSA) is 151 Å². The van der Waals surface area contributed by atoms with Crippen LogP contribution in [0.25, 0.3) is 0 Å². The lowest BCUT2D eigenvalue weighted by Crippen LogP contribution is -2.60. The number of hydrogen-bond donors (Lipinski definition) is 4. The Morgan fingerprint density at radius 1 is 0.897 bits per heavy atom. The van der Waals surface area contributed by atoms with Crippen molar-refractivity contribution >= 4 is 41.1 Å². The highest BCUT2D eigenvalue weighted by atomic mass is 35.5. The third kappa shape index (κ3) is 8.08. The summed E-state index contributed by atoms with van der Waals surface area (Å²) in [4.78, 5) is 66.4. The molecule has 1 saturated heterocycles. The van der Waals surface area contributed by atoms with E-state index in [-0.39, 0.29) is 41.5 Å². The molecule has 0 spiro atoms. The number of likely N-dealkylation sites (tertiary alicyclic amines) is 1. The predicted octanol–water partition coefficient (Wildman–Crippen LogP) is 2.46. The second kappa shape index (κ2) is 14.3. The van der Waals surface area contributed by atoms with Gasteiger partial charge < -0.3 is 26.6 Å². The van der Waals surface area contributed by atoms with Crippen molar-refractivity contribution in [2.24, 2.45) is 29.4 Å². The van der Waals surface area contributed by atoms with Gasteiger partial charge in [-0.1, -0.05) is 52.4 Å². The van der Waals surface area contributed by atoms with Gasteiger partial charge >= 0.3 is 6.03 Å². The van der Waals surface area contributed by atoms with E-state index in [1.54, 1.807) is 0 Å². The first-order chi connectivity index (χ1) is 18.5. The van der Waals surface area contributed by atoms with Gasteiger partial charge in [0.1, 0.15) is 12.1 Å². The van der Waals surface area contributed by atoms with Gasteiger partial charge in [-0.05, 0) is 50.4 Å². The van der Waals surface area contributed by atoms with Crippen LogP contribution < -0.4 is 21.7 Å². The first-order valence-corrected chi connectivity index (χ1v) is 15.1. The number of primary amides is 1. The summed E-state index contributed by atoms with van der Waals surface area (Å²) in [5.41, 5.74) is 5.28. The van der Waals surface area contributed by atoms with E-state index < -0.39 is 41.8 Å². The minimum absolute atomic E-state index is 0.0343. The first-order valence-electron chi connectivity index (χ1n) is 14.6. The number of carbonyl (C=O) groups excluding carboxylic acids is 5. The highest BCUT2D eigenvalue weighted by molar-refractivity contribution is 6.37. The Kier molecular flexibility index (Phi) is 11.4. The number of alkyl halides is 1. The summed E-state index contributed by atoms with van der Waals surface area (Å²) in [5.74, 6) is -2.44. The zero-order valence-electron chi connectivity index (χ0n) is 23.5. The van der Waals surface area contributed by atoms with Gasteiger partial charge in [0.15, 0.2) is 0 Å². The van der Waals surface area contributed by atoms with Crippen LogP contribution >= 0.6 is 11.6 Å². The standard InChI is InChI=1S/C28H46ClN5O5/c1-16(2)17(3)31-28(39)33-22(19-10-5-4-6-11-19)27(38)34-13-12-20(15-29)23(34)26(37)32-21(24(35)25(30)36)14-18-8-7-9-18/h16-23H,4-15H2,1-3H3,(H2,30,36)(H,32,37)(H2,31,33,39)/t17?,20-,21?,22?,23?/m1/s1. The van der Waals surface area contributed by atoms with Crippen LogP contribution in [-0.2, 0) is 19.2 Å². The highest BCUT2D eigenvalue weighted by Gasteiger charge is 2.46. The van der Waals surface area contributed by atoms with E-state index in [2.05, 4.69) is 16.0 Å². The van der Waals surface area contributed by atoms with Crippen LogP contribution in [0.4, 0.5) is 4.79 Å². The van der Waals surface area contributed by atoms with Crippen molar-refractivity contribution in [3.05, 3.63) is 0 Å². The molecule has 0 aromatic carbocycles. The van der Waals surface area contributed by atoms with Crippen molar-refractivity contribution in [2.45, 2.75) is 109 Å². The minimum Gasteiger partial charge on any atom is -0.363 e. The van der Waals surface area contributed by atoms with Crippen molar-refractivity contribution in [3.63, 3.8) is 0 Å². The molecule has 5 atom stereocenters. The number of nitrogens with two attached hydrogens (primary N) is 1. The second-order valence-electron chi connectivity index (χ2n) is 12.0. The lowest BCUT2D eigenvalue weighted by molar-refractivity contribution is -0.143. The maximum absolute atomic E-state index is 14.1. The number of hydrogen-bond acceptors (Lipinski definition) is 5. The normalized spacial score (nSPS) is 24.4. The van der Waals surface area contributed by atoms with Crippen molar-refractivity contribution in [2.75, 3.05) is 12.4 Å². The van der Waals surface area contributed by atoms with Crippen LogP contribution in [0.15, 0.2) is 0 Å². The molecule has 0 aromatic rings. The molecule has 2 saturated carbocycles. The summed E-state index contributed by atoms with van der Waals surface area (Å²) in [6.45, 7) is 6.26. The molecule has 2 aliphatic carbocycles. The fraction of sp³-hybridized carbons (Fsp3) is 0.821. The molecule has 220 valence electrons. The number of urea groups is 1. The van der Waals surface area contributed by atoms with E-state index >= 15 is 0 Å². The van der Waals surface area contributed by atoms with Gasteiger partial charge in [-0.3, -0.25) is 19.2 Å². The van der Waals surface area contributed by atoms with Gasteiger partial charge in [-0.15, -0.1) is 11.6 Å². The average molecular weight is 568 g/mol. The Labute approximate surface area is 236 Å². The zero-order chi connectivity index (χ0) is 28.7. The van der Waals surface area contributed by atoms with Crippen LogP contribution in [0, 0.1) is 23.7 Å². The van der Waals surface area contributed by atoms with Crippen molar-refractivity contribution in [3.8, 4) is 0 Å². The summed E-state index contributed by atoms with van der Waals surface area (Å²) in [6.07, 6.45) is 8.47. The third-order valence-electron chi connectivity index (χ3n) is 8.98. The Morgan fingerprint density at radius 2 is 1.56 bits per heavy atom. The fourth-order valence-electron chi connectivity index (χ4n) is 5.93. The van der Waals surface area contributed by atoms with E-state index in [0.29, 0.717) is 19.4 Å². The number of carbonyl (C=O) groups is 5. The van der Waals surface area contributed by atoms with Crippen molar-refractivity contribution < 1.29 is 24.0 Å². The van der Waals surface area contributed by atoms with Gasteiger partial charge in [0.05, 0.1) is 6.04 Å². The monoisotopic (exact) mass is 567 g/mol. The van der Waals surface area contributed by atoms with Gasteiger partial charge in [0.2, 0.25) is 17.6 Å². The molecular formula is C28H46ClN5O5. The van der Waals surface area contributed by atoms with Gasteiger partial charge in [0, 0.05) is 24.4 Å². The fourth-order valence-corrected chi connectivity index (χ4v) is 6.25. The van der Waals surface area contributed by atoms with Crippen LogP contribution in [0.3, 0.4) is 0 Å². The molecule has 3 rings (SSSR count). The molecule has 5 amide bonds. The van der Waals surface area contributed by atoms with Crippen LogP contribution in [0.2, 0.25) is 0 Å². The average Bonchev–Trinajstić information content (AvgIpc) is 3.32. The Bertz CT molecular complexity index is 905. The molecule has 1 heterocycles. The maximum atomic E-state index is 14.1. The maximum Gasteiger partial charge on any atom is 0.315 e. The predicted molar refractivity (Wildman–Crippen MR) is 149 cm³/mol. The van der Waals surface area contributed by atoms with Crippen molar-refractivity contribution in [1.29, 1.82) is 0 Å². The number of amides is 5. The number of rotatable bonds is 12. The summed E-state index contributed by atoms with van der Waals surface area (Å²) in [5, 5.41) is 8.60. The Morgan fingerprint density at radius 3 is 2.10 bits per heavy atom. The molecular weight excluding hydrogens is 522 g/mol. The number of ketones is 1. The van der Waals surface area contributed by atoms with Crippen molar-refractivity contribution in [1.82, 2.24) is 20.9 Å². The molecule has 39 heavy (non-hydrogen) atoms. The van der Waals surface area contributed by atoms with E-state index in [9.17, 15) is 24.0 Å². The number of nitrogens with one attached hydrogen (secondary N) is 3. The SMILES string of the molecule is CC(C)C(C)NC(=O)NC(C(=O)N1CC[C@H](CCl)C1C(=O)NC(CC1CCC1)C(=O)C(N)=O)C1CCCCC1. The Hall–Kier alpha value is -2.36. The second-order valence-corrected chi connectivity index (χ2v) is 12.3. The summed E-state index contributed by atoms with van der Waals surface area (Å²) in [7, 11) is 0. The number of nitrogens with zero attached hydrogens (tertiary/aromatic N) is 1. The third-order valence-corrected chi connectivity index (χ3v) is 9.37. The van der Waals surface area contributed by atoms with Crippen LogP contribution in [0.5, 0.6) is 0 Å². The smallest absolute Gasteiger partial charge is 0.315 e. The molecule has 1 aliphatic heterocycles. The molecule has 3 aliphatic rings. The highest BCUT2D eigenvalue weighted by Crippen LogP contribution is 2.33. The molecule has 5 N–H and O–H groups in total. The lowest BCUT2D eigenvalue weighted by atomic mass is 9.80. The molecule has 0 bridgehead atoms. The lowest BCUT2D eigenvalue weighted by Gasteiger charge is -2.36. The van der Waals surface area contributed by atoms with E-state index in [1.807, 2.05) is 20.8 Å². The summed E-state index contributed by atoms with van der Waals surface area (Å²) < 4.78 is 0. The molecule has 0 aromatic heterocycles. The minimum atomic E-state index is -1.09. The van der Waals surface area contributed by atoms with E-state index in [1.165, 1.54) is 4.90 Å². The number of halogens is 1. The van der Waals surface area contributed by atoms with Crippen LogP contribution in [-0.4, -0.2) is 71.0 Å². The molecule has 0 radical (unpaired) electrons.